The van der Waals surface area contributed by atoms with Crippen molar-refractivity contribution in [3.05, 3.63) is 107 Å². The molecule has 0 bridgehead atoms. The third kappa shape index (κ3) is 4.98. The van der Waals surface area contributed by atoms with E-state index in [0.29, 0.717) is 6.61 Å². The summed E-state index contributed by atoms with van der Waals surface area (Å²) in [5.74, 6) is 0.528. The molecule has 0 aliphatic rings. The van der Waals surface area contributed by atoms with Crippen molar-refractivity contribution >= 4 is 5.71 Å². The van der Waals surface area contributed by atoms with Crippen molar-refractivity contribution in [3.63, 3.8) is 0 Å². The Morgan fingerprint density at radius 3 is 2.42 bits per heavy atom. The highest BCUT2D eigenvalue weighted by Crippen LogP contribution is 2.30. The normalized spacial score (nSPS) is 11.5. The van der Waals surface area contributed by atoms with E-state index in [-0.39, 0.29) is 5.82 Å². The third-order valence-corrected chi connectivity index (χ3v) is 5.60. The number of hydrogen-bond acceptors (Lipinski definition) is 3. The maximum absolute atomic E-state index is 13.6. The van der Waals surface area contributed by atoms with Gasteiger partial charge in [-0.15, -0.1) is 0 Å². The lowest BCUT2D eigenvalue weighted by atomic mass is 10.1. The molecular weight excluding hydrogens is 415 g/mol. The second-order valence-electron chi connectivity index (χ2n) is 8.01. The molecule has 0 N–H and O–H groups in total. The van der Waals surface area contributed by atoms with Crippen molar-refractivity contribution in [3.8, 4) is 22.7 Å². The molecule has 3 aromatic carbocycles. The smallest absolute Gasteiger partial charge is 0.142 e. The molecule has 4 aromatic rings. The van der Waals surface area contributed by atoms with Crippen molar-refractivity contribution in [2.75, 3.05) is 7.11 Å². The molecular formula is C28H27FN2O2. The highest BCUT2D eigenvalue weighted by molar-refractivity contribution is 6.01. The number of nitrogens with zero attached hydrogens (tertiary/aromatic N) is 2. The van der Waals surface area contributed by atoms with Gasteiger partial charge in [-0.05, 0) is 92.1 Å². The predicted octanol–water partition coefficient (Wildman–Crippen LogP) is 6.85. The number of methoxy groups -OCH3 is 1. The molecule has 1 aromatic heterocycles. The van der Waals surface area contributed by atoms with E-state index >= 15 is 0 Å². The van der Waals surface area contributed by atoms with Gasteiger partial charge in [-0.25, -0.2) is 4.39 Å². The first-order valence-corrected chi connectivity index (χ1v) is 10.8. The quantitative estimate of drug-likeness (QED) is 0.232. The van der Waals surface area contributed by atoms with Gasteiger partial charge in [-0.1, -0.05) is 29.4 Å². The lowest BCUT2D eigenvalue weighted by Crippen LogP contribution is -2.03. The van der Waals surface area contributed by atoms with Gasteiger partial charge in [0.1, 0.15) is 18.2 Å². The van der Waals surface area contributed by atoms with Crippen molar-refractivity contribution in [1.29, 1.82) is 0 Å². The summed E-state index contributed by atoms with van der Waals surface area (Å²) >= 11 is 0. The van der Waals surface area contributed by atoms with Gasteiger partial charge in [0.2, 0.25) is 0 Å². The topological polar surface area (TPSA) is 35.8 Å². The Balaban J connectivity index is 1.69. The molecule has 0 aliphatic heterocycles. The molecule has 0 unspecified atom stereocenters. The number of rotatable bonds is 7. The highest BCUT2D eigenvalue weighted by atomic mass is 19.1. The second kappa shape index (κ2) is 9.74. The van der Waals surface area contributed by atoms with E-state index in [9.17, 15) is 4.39 Å². The molecule has 0 aliphatic carbocycles. The van der Waals surface area contributed by atoms with Crippen molar-refractivity contribution in [1.82, 2.24) is 4.57 Å². The van der Waals surface area contributed by atoms with Crippen LogP contribution in [0.4, 0.5) is 4.39 Å². The highest BCUT2D eigenvalue weighted by Gasteiger charge is 2.17. The van der Waals surface area contributed by atoms with Gasteiger partial charge in [-0.3, -0.25) is 0 Å². The first-order chi connectivity index (χ1) is 16.0. The average molecular weight is 443 g/mol. The van der Waals surface area contributed by atoms with Crippen LogP contribution >= 0.6 is 0 Å². The fourth-order valence-electron chi connectivity index (χ4n) is 3.92. The number of ether oxygens (including phenoxy) is 1. The van der Waals surface area contributed by atoms with E-state index in [1.54, 1.807) is 19.2 Å². The van der Waals surface area contributed by atoms with Gasteiger partial charge in [0.15, 0.2) is 0 Å². The molecule has 4 nitrogen and oxygen atoms in total. The Hall–Kier alpha value is -3.86. The van der Waals surface area contributed by atoms with Gasteiger partial charge in [0, 0.05) is 16.9 Å². The molecule has 0 saturated carbocycles. The molecule has 0 radical (unpaired) electrons. The van der Waals surface area contributed by atoms with Crippen LogP contribution in [0.5, 0.6) is 5.75 Å². The van der Waals surface area contributed by atoms with Crippen LogP contribution < -0.4 is 4.74 Å². The number of benzene rings is 3. The summed E-state index contributed by atoms with van der Waals surface area (Å²) in [6, 6.07) is 24.7. The van der Waals surface area contributed by atoms with E-state index in [0.717, 1.165) is 45.2 Å². The standard InChI is InChI=1S/C28H27FN2O2/c1-19-7-5-9-25(15-19)31-21(3)27(17-28(31)23-11-13-24(29)14-12-23)20(2)30-33-18-22-8-6-10-26(16-22)32-4/h5-17H,18H2,1-4H3/b30-20-. The number of aryl methyl sites for hydroxylation is 1. The van der Waals surface area contributed by atoms with E-state index in [4.69, 9.17) is 9.57 Å². The second-order valence-corrected chi connectivity index (χ2v) is 8.01. The summed E-state index contributed by atoms with van der Waals surface area (Å²) in [5.41, 5.74) is 7.86. The number of halogens is 1. The van der Waals surface area contributed by atoms with Crippen LogP contribution in [0, 0.1) is 19.7 Å². The minimum absolute atomic E-state index is 0.256. The van der Waals surface area contributed by atoms with Gasteiger partial charge in [-0.2, -0.15) is 0 Å². The Morgan fingerprint density at radius 1 is 0.939 bits per heavy atom. The molecule has 0 fully saturated rings. The van der Waals surface area contributed by atoms with Crippen molar-refractivity contribution in [2.45, 2.75) is 27.4 Å². The number of oxime groups is 1. The lowest BCUT2D eigenvalue weighted by Gasteiger charge is -2.13. The Morgan fingerprint density at radius 2 is 1.70 bits per heavy atom. The molecule has 0 spiro atoms. The third-order valence-electron chi connectivity index (χ3n) is 5.60. The average Bonchev–Trinajstić information content (AvgIpc) is 3.16. The number of hydrogen-bond donors (Lipinski definition) is 0. The zero-order valence-corrected chi connectivity index (χ0v) is 19.3. The minimum Gasteiger partial charge on any atom is -0.497 e. The van der Waals surface area contributed by atoms with Crippen LogP contribution in [0.1, 0.15) is 29.3 Å². The SMILES string of the molecule is COc1cccc(CO/N=C(/C)c2cc(-c3ccc(F)cc3)n(-c3cccc(C)c3)c2C)c1. The molecule has 0 saturated heterocycles. The van der Waals surface area contributed by atoms with Crippen molar-refractivity contribution in [2.24, 2.45) is 5.16 Å². The fraction of sp³-hybridized carbons (Fsp3) is 0.179. The molecule has 1 heterocycles. The van der Waals surface area contributed by atoms with Crippen LogP contribution in [0.15, 0.2) is 84.0 Å². The molecule has 0 atom stereocenters. The zero-order chi connectivity index (χ0) is 23.4. The van der Waals surface area contributed by atoms with Crippen LogP contribution in [-0.4, -0.2) is 17.4 Å². The summed E-state index contributed by atoms with van der Waals surface area (Å²) in [6.45, 7) is 6.41. The first-order valence-electron chi connectivity index (χ1n) is 10.8. The summed E-state index contributed by atoms with van der Waals surface area (Å²) in [4.78, 5) is 5.66. The van der Waals surface area contributed by atoms with Crippen LogP contribution in [0.2, 0.25) is 0 Å². The van der Waals surface area contributed by atoms with Gasteiger partial charge >= 0.3 is 0 Å². The largest absolute Gasteiger partial charge is 0.497 e. The zero-order valence-electron chi connectivity index (χ0n) is 19.3. The van der Waals surface area contributed by atoms with Crippen LogP contribution in [-0.2, 0) is 11.4 Å². The molecule has 0 amide bonds. The summed E-state index contributed by atoms with van der Waals surface area (Å²) < 4.78 is 21.0. The van der Waals surface area contributed by atoms with Crippen LogP contribution in [0.3, 0.4) is 0 Å². The van der Waals surface area contributed by atoms with E-state index in [1.165, 1.54) is 17.7 Å². The fourth-order valence-corrected chi connectivity index (χ4v) is 3.92. The lowest BCUT2D eigenvalue weighted by molar-refractivity contribution is 0.130. The molecule has 168 valence electrons. The van der Waals surface area contributed by atoms with Crippen molar-refractivity contribution < 1.29 is 14.0 Å². The molecule has 4 rings (SSSR count). The van der Waals surface area contributed by atoms with Gasteiger partial charge in [0.05, 0.1) is 18.5 Å². The minimum atomic E-state index is -0.256. The Bertz CT molecular complexity index is 1290. The maximum Gasteiger partial charge on any atom is 0.142 e. The van der Waals surface area contributed by atoms with E-state index in [2.05, 4.69) is 47.8 Å². The molecule has 5 heteroatoms. The Kier molecular flexibility index (Phi) is 6.59. The first kappa shape index (κ1) is 22.3. The number of aromatic nitrogens is 1. The van der Waals surface area contributed by atoms with Crippen LogP contribution in [0.25, 0.3) is 16.9 Å². The predicted molar refractivity (Wildman–Crippen MR) is 131 cm³/mol. The van der Waals surface area contributed by atoms with E-state index in [1.807, 2.05) is 37.3 Å². The Labute approximate surface area is 193 Å². The molecule has 33 heavy (non-hydrogen) atoms. The maximum atomic E-state index is 13.6. The summed E-state index contributed by atoms with van der Waals surface area (Å²) in [7, 11) is 1.64. The summed E-state index contributed by atoms with van der Waals surface area (Å²) in [6.07, 6.45) is 0. The monoisotopic (exact) mass is 442 g/mol. The van der Waals surface area contributed by atoms with Gasteiger partial charge in [0.25, 0.3) is 0 Å². The van der Waals surface area contributed by atoms with Gasteiger partial charge < -0.3 is 14.1 Å². The summed E-state index contributed by atoms with van der Waals surface area (Å²) in [5, 5.41) is 4.38. The van der Waals surface area contributed by atoms with E-state index < -0.39 is 0 Å².